The van der Waals surface area contributed by atoms with Crippen molar-refractivity contribution in [2.45, 2.75) is 92.5 Å². The average Bonchev–Trinajstić information content (AvgIpc) is 3.31. The van der Waals surface area contributed by atoms with Crippen molar-refractivity contribution in [1.82, 2.24) is 15.1 Å². The Morgan fingerprint density at radius 3 is 2.18 bits per heavy atom. The number of rotatable bonds is 5. The number of anilines is 1. The van der Waals surface area contributed by atoms with Crippen LogP contribution in [0.1, 0.15) is 80.5 Å². The lowest BCUT2D eigenvalue weighted by Gasteiger charge is -2.24. The minimum absolute atomic E-state index is 0.0566. The number of carbonyl (C=O) groups excluding carboxylic acids is 1. The van der Waals surface area contributed by atoms with Gasteiger partial charge in [0.15, 0.2) is 0 Å². The van der Waals surface area contributed by atoms with Crippen molar-refractivity contribution in [2.75, 3.05) is 26.1 Å². The summed E-state index contributed by atoms with van der Waals surface area (Å²) >= 11 is 0. The highest BCUT2D eigenvalue weighted by molar-refractivity contribution is 5.46. The largest absolute Gasteiger partial charge is 0.379 e. The molecule has 1 amide bonds. The van der Waals surface area contributed by atoms with Crippen LogP contribution in [0.5, 0.6) is 0 Å². The Hall–Kier alpha value is -1.60. The molecule has 2 atom stereocenters. The number of aromatic nitrogens is 2. The lowest BCUT2D eigenvalue weighted by atomic mass is 10.1. The summed E-state index contributed by atoms with van der Waals surface area (Å²) in [6.07, 6.45) is 1.85. The minimum Gasteiger partial charge on any atom is -0.379 e. The first-order valence-corrected chi connectivity index (χ1v) is 10.3. The highest BCUT2D eigenvalue weighted by Crippen LogP contribution is 2.33. The van der Waals surface area contributed by atoms with E-state index in [2.05, 4.69) is 42.6 Å². The van der Waals surface area contributed by atoms with E-state index >= 15 is 0 Å². The van der Waals surface area contributed by atoms with Crippen LogP contribution in [-0.4, -0.2) is 49.1 Å². The maximum atomic E-state index is 9.50. The first-order chi connectivity index (χ1) is 13.2. The number of ether oxygens (including phenoxy) is 2. The third-order valence-electron chi connectivity index (χ3n) is 3.65. The SMILES string of the molecule is CC.CC.CC(C)NC=O.CNc1cc(C2CC(OC)CO2)n(C(C)(C)C)n1. The van der Waals surface area contributed by atoms with Gasteiger partial charge >= 0.3 is 0 Å². The number of hydrogen-bond donors (Lipinski definition) is 2. The number of amides is 1. The summed E-state index contributed by atoms with van der Waals surface area (Å²) in [5, 5.41) is 10.2. The molecule has 2 N–H and O–H groups in total. The van der Waals surface area contributed by atoms with Crippen molar-refractivity contribution < 1.29 is 14.3 Å². The monoisotopic (exact) mass is 400 g/mol. The van der Waals surface area contributed by atoms with Crippen molar-refractivity contribution in [3.8, 4) is 0 Å². The highest BCUT2D eigenvalue weighted by atomic mass is 16.5. The van der Waals surface area contributed by atoms with Gasteiger partial charge in [-0.05, 0) is 34.6 Å². The molecule has 2 unspecified atom stereocenters. The number of carbonyl (C=O) groups is 1. The molecule has 7 heteroatoms. The first-order valence-electron chi connectivity index (χ1n) is 10.3. The predicted octanol–water partition coefficient (Wildman–Crippen LogP) is 4.35. The molecule has 1 fully saturated rings. The van der Waals surface area contributed by atoms with Gasteiger partial charge in [-0.15, -0.1) is 0 Å². The molecular weight excluding hydrogens is 356 g/mol. The van der Waals surface area contributed by atoms with Gasteiger partial charge in [0.2, 0.25) is 6.41 Å². The summed E-state index contributed by atoms with van der Waals surface area (Å²) in [4.78, 5) is 9.50. The van der Waals surface area contributed by atoms with Crippen LogP contribution in [0, 0.1) is 0 Å². The van der Waals surface area contributed by atoms with E-state index in [1.165, 1.54) is 0 Å². The van der Waals surface area contributed by atoms with Crippen molar-refractivity contribution in [2.24, 2.45) is 0 Å². The van der Waals surface area contributed by atoms with E-state index in [-0.39, 0.29) is 23.8 Å². The fourth-order valence-electron chi connectivity index (χ4n) is 2.39. The van der Waals surface area contributed by atoms with Gasteiger partial charge in [-0.2, -0.15) is 5.10 Å². The van der Waals surface area contributed by atoms with Gasteiger partial charge in [0.05, 0.1) is 23.9 Å². The third kappa shape index (κ3) is 10.1. The van der Waals surface area contributed by atoms with Crippen LogP contribution < -0.4 is 10.6 Å². The molecule has 1 aliphatic rings. The zero-order chi connectivity index (χ0) is 22.3. The number of methoxy groups -OCH3 is 1. The second-order valence-corrected chi connectivity index (χ2v) is 7.14. The van der Waals surface area contributed by atoms with Gasteiger partial charge in [-0.25, -0.2) is 0 Å². The standard InChI is InChI=1S/C13H23N3O2.C4H9NO.2C2H6/c1-13(2,3)16-10(7-12(14-4)15-16)11-6-9(17-5)8-18-11;1-4(2)5-3-6;2*1-2/h7,9,11H,6,8H2,1-5H3,(H,14,15);3-4H,1-2H3,(H,5,6);2*1-2H3. The molecule has 0 aromatic carbocycles. The van der Waals surface area contributed by atoms with Crippen molar-refractivity contribution in [3.05, 3.63) is 11.8 Å². The van der Waals surface area contributed by atoms with Crippen LogP contribution in [0.15, 0.2) is 6.07 Å². The maximum absolute atomic E-state index is 9.50. The molecule has 28 heavy (non-hydrogen) atoms. The van der Waals surface area contributed by atoms with E-state index in [9.17, 15) is 4.79 Å². The lowest BCUT2D eigenvalue weighted by Crippen LogP contribution is -2.26. The van der Waals surface area contributed by atoms with Crippen molar-refractivity contribution in [1.29, 1.82) is 0 Å². The molecule has 2 heterocycles. The van der Waals surface area contributed by atoms with E-state index in [0.29, 0.717) is 13.0 Å². The second-order valence-electron chi connectivity index (χ2n) is 7.14. The Labute approximate surface area is 172 Å². The summed E-state index contributed by atoms with van der Waals surface area (Å²) in [7, 11) is 3.61. The van der Waals surface area contributed by atoms with Crippen molar-refractivity contribution >= 4 is 12.2 Å². The van der Waals surface area contributed by atoms with E-state index in [4.69, 9.17) is 9.47 Å². The van der Waals surface area contributed by atoms with Crippen LogP contribution in [0.2, 0.25) is 0 Å². The Morgan fingerprint density at radius 1 is 1.29 bits per heavy atom. The summed E-state index contributed by atoms with van der Waals surface area (Å²) < 4.78 is 13.2. The molecular formula is C21H44N4O3. The Bertz CT molecular complexity index is 510. The summed E-state index contributed by atoms with van der Waals surface area (Å²) in [5.74, 6) is 0.879. The van der Waals surface area contributed by atoms with Gasteiger partial charge in [-0.1, -0.05) is 27.7 Å². The van der Waals surface area contributed by atoms with Crippen LogP contribution in [0.4, 0.5) is 5.82 Å². The molecule has 0 spiro atoms. The molecule has 0 aliphatic carbocycles. The maximum Gasteiger partial charge on any atom is 0.207 e. The van der Waals surface area contributed by atoms with Gasteiger partial charge in [-0.3, -0.25) is 9.48 Å². The van der Waals surface area contributed by atoms with E-state index in [1.54, 1.807) is 7.11 Å². The predicted molar refractivity (Wildman–Crippen MR) is 118 cm³/mol. The third-order valence-corrected chi connectivity index (χ3v) is 3.65. The fourth-order valence-corrected chi connectivity index (χ4v) is 2.39. The van der Waals surface area contributed by atoms with Crippen molar-refractivity contribution in [3.63, 3.8) is 0 Å². The zero-order valence-corrected chi connectivity index (χ0v) is 19.9. The van der Waals surface area contributed by atoms with Gasteiger partial charge in [0.25, 0.3) is 0 Å². The van der Waals surface area contributed by atoms with Gasteiger partial charge in [0, 0.05) is 32.7 Å². The highest BCUT2D eigenvalue weighted by Gasteiger charge is 2.32. The number of hydrogen-bond acceptors (Lipinski definition) is 5. The minimum atomic E-state index is -0.0566. The molecule has 0 radical (unpaired) electrons. The molecule has 1 saturated heterocycles. The topological polar surface area (TPSA) is 77.4 Å². The molecule has 1 aliphatic heterocycles. The Balaban J connectivity index is 0. The lowest BCUT2D eigenvalue weighted by molar-refractivity contribution is -0.109. The van der Waals surface area contributed by atoms with E-state index in [1.807, 2.05) is 53.3 Å². The molecule has 1 aromatic rings. The van der Waals surface area contributed by atoms with Crippen LogP contribution in [0.3, 0.4) is 0 Å². The molecule has 2 rings (SSSR count). The van der Waals surface area contributed by atoms with Gasteiger partial charge in [0.1, 0.15) is 11.9 Å². The fraction of sp³-hybridized carbons (Fsp3) is 0.810. The van der Waals surface area contributed by atoms with E-state index < -0.39 is 0 Å². The molecule has 166 valence electrons. The first kappa shape index (κ1) is 28.6. The Kier molecular flexibility index (Phi) is 15.7. The quantitative estimate of drug-likeness (QED) is 0.719. The molecule has 0 bridgehead atoms. The number of nitrogens with zero attached hydrogens (tertiary/aromatic N) is 2. The molecule has 0 saturated carbocycles. The van der Waals surface area contributed by atoms with Crippen LogP contribution in [-0.2, 0) is 19.8 Å². The smallest absolute Gasteiger partial charge is 0.207 e. The van der Waals surface area contributed by atoms with Gasteiger partial charge < -0.3 is 20.1 Å². The second kappa shape index (κ2) is 15.3. The summed E-state index contributed by atoms with van der Waals surface area (Å²) in [6.45, 7) is 18.9. The normalized spacial score (nSPS) is 18.0. The van der Waals surface area contributed by atoms with Crippen LogP contribution in [0.25, 0.3) is 0 Å². The van der Waals surface area contributed by atoms with Crippen LogP contribution >= 0.6 is 0 Å². The zero-order valence-electron chi connectivity index (χ0n) is 19.9. The molecule has 7 nitrogen and oxygen atoms in total. The Morgan fingerprint density at radius 2 is 1.86 bits per heavy atom. The number of nitrogens with one attached hydrogen (secondary N) is 2. The summed E-state index contributed by atoms with van der Waals surface area (Å²) in [5.41, 5.74) is 1.06. The van der Waals surface area contributed by atoms with E-state index in [0.717, 1.165) is 17.9 Å². The molecule has 1 aromatic heterocycles. The average molecular weight is 401 g/mol. The summed E-state index contributed by atoms with van der Waals surface area (Å²) in [6, 6.07) is 2.34.